The smallest absolute Gasteiger partial charge is 0.182 e. The molecule has 25 heavy (non-hydrogen) atoms. The van der Waals surface area contributed by atoms with Crippen LogP contribution in [0, 0.1) is 25.2 Å². The SMILES string of the molecule is Cc1ccc(-c2cnc(C#N)c(OCCc3ccccc3)c2C)cn1. The van der Waals surface area contributed by atoms with Crippen molar-refractivity contribution in [1.82, 2.24) is 9.97 Å². The first-order valence-corrected chi connectivity index (χ1v) is 8.18. The largest absolute Gasteiger partial charge is 0.490 e. The van der Waals surface area contributed by atoms with Crippen molar-refractivity contribution in [2.45, 2.75) is 20.3 Å². The maximum Gasteiger partial charge on any atom is 0.182 e. The summed E-state index contributed by atoms with van der Waals surface area (Å²) in [5.74, 6) is 0.552. The Hall–Kier alpha value is -3.19. The van der Waals surface area contributed by atoms with Crippen molar-refractivity contribution in [3.05, 3.63) is 77.4 Å². The van der Waals surface area contributed by atoms with E-state index in [0.29, 0.717) is 18.1 Å². The molecule has 0 radical (unpaired) electrons. The van der Waals surface area contributed by atoms with Gasteiger partial charge in [0.15, 0.2) is 11.4 Å². The molecular weight excluding hydrogens is 310 g/mol. The number of hydrogen-bond acceptors (Lipinski definition) is 4. The van der Waals surface area contributed by atoms with E-state index in [0.717, 1.165) is 28.8 Å². The summed E-state index contributed by atoms with van der Waals surface area (Å²) < 4.78 is 5.94. The van der Waals surface area contributed by atoms with Crippen molar-refractivity contribution >= 4 is 0 Å². The number of aryl methyl sites for hydroxylation is 1. The molecule has 0 saturated heterocycles. The maximum atomic E-state index is 9.35. The van der Waals surface area contributed by atoms with E-state index < -0.39 is 0 Å². The molecule has 4 heteroatoms. The molecule has 0 saturated carbocycles. The van der Waals surface area contributed by atoms with Gasteiger partial charge in [-0.05, 0) is 25.5 Å². The van der Waals surface area contributed by atoms with Gasteiger partial charge in [-0.25, -0.2) is 4.98 Å². The molecule has 3 rings (SSSR count). The predicted octanol–water partition coefficient (Wildman–Crippen LogP) is 4.25. The van der Waals surface area contributed by atoms with Gasteiger partial charge in [-0.2, -0.15) is 5.26 Å². The Balaban J connectivity index is 1.85. The van der Waals surface area contributed by atoms with Crippen LogP contribution in [0.3, 0.4) is 0 Å². The van der Waals surface area contributed by atoms with Crippen LogP contribution in [0.25, 0.3) is 11.1 Å². The van der Waals surface area contributed by atoms with Crippen LogP contribution in [0.5, 0.6) is 5.75 Å². The number of hydrogen-bond donors (Lipinski definition) is 0. The standard InChI is InChI=1S/C21H19N3O/c1-15-8-9-18(13-23-15)19-14-24-20(12-22)21(16(19)2)25-11-10-17-6-4-3-5-7-17/h3-9,13-14H,10-11H2,1-2H3. The van der Waals surface area contributed by atoms with Crippen LogP contribution >= 0.6 is 0 Å². The lowest BCUT2D eigenvalue weighted by Gasteiger charge is -2.14. The van der Waals surface area contributed by atoms with Crippen LogP contribution in [0.4, 0.5) is 0 Å². The Morgan fingerprint density at radius 1 is 1.00 bits per heavy atom. The highest BCUT2D eigenvalue weighted by molar-refractivity contribution is 5.69. The molecule has 0 unspecified atom stereocenters. The normalized spacial score (nSPS) is 10.3. The van der Waals surface area contributed by atoms with E-state index in [4.69, 9.17) is 4.74 Å². The van der Waals surface area contributed by atoms with Gasteiger partial charge in [-0.15, -0.1) is 0 Å². The van der Waals surface area contributed by atoms with Crippen LogP contribution in [-0.2, 0) is 6.42 Å². The van der Waals surface area contributed by atoms with E-state index in [1.165, 1.54) is 5.56 Å². The van der Waals surface area contributed by atoms with Crippen LogP contribution in [-0.4, -0.2) is 16.6 Å². The second-order valence-electron chi connectivity index (χ2n) is 5.86. The highest BCUT2D eigenvalue weighted by Gasteiger charge is 2.14. The van der Waals surface area contributed by atoms with Crippen LogP contribution in [0.15, 0.2) is 54.9 Å². The highest BCUT2D eigenvalue weighted by atomic mass is 16.5. The summed E-state index contributed by atoms with van der Waals surface area (Å²) in [5, 5.41) is 9.35. The molecule has 0 amide bonds. The first kappa shape index (κ1) is 16.7. The first-order valence-electron chi connectivity index (χ1n) is 8.18. The number of aromatic nitrogens is 2. The Labute approximate surface area is 147 Å². The Morgan fingerprint density at radius 2 is 1.80 bits per heavy atom. The van der Waals surface area contributed by atoms with Crippen molar-refractivity contribution in [1.29, 1.82) is 5.26 Å². The zero-order valence-electron chi connectivity index (χ0n) is 14.4. The highest BCUT2D eigenvalue weighted by Crippen LogP contribution is 2.31. The lowest BCUT2D eigenvalue weighted by atomic mass is 10.0. The molecule has 2 aromatic heterocycles. The van der Waals surface area contributed by atoms with Gasteiger partial charge in [0.1, 0.15) is 6.07 Å². The molecular formula is C21H19N3O. The Bertz CT molecular complexity index is 897. The summed E-state index contributed by atoms with van der Waals surface area (Å²) in [6.07, 6.45) is 4.31. The molecule has 0 atom stereocenters. The third-order valence-electron chi connectivity index (χ3n) is 4.09. The third-order valence-corrected chi connectivity index (χ3v) is 4.09. The quantitative estimate of drug-likeness (QED) is 0.702. The predicted molar refractivity (Wildman–Crippen MR) is 97.3 cm³/mol. The number of benzene rings is 1. The minimum atomic E-state index is 0.314. The zero-order valence-corrected chi connectivity index (χ0v) is 14.4. The summed E-state index contributed by atoms with van der Waals surface area (Å²) in [4.78, 5) is 8.61. The molecule has 3 aromatic rings. The van der Waals surface area contributed by atoms with Gasteiger partial charge in [0.05, 0.1) is 6.61 Å². The fourth-order valence-corrected chi connectivity index (χ4v) is 2.67. The summed E-state index contributed by atoms with van der Waals surface area (Å²) in [6, 6.07) is 16.2. The minimum Gasteiger partial charge on any atom is -0.490 e. The second kappa shape index (κ2) is 7.59. The van der Waals surface area contributed by atoms with Crippen LogP contribution in [0.1, 0.15) is 22.5 Å². The molecule has 0 N–H and O–H groups in total. The molecule has 0 bridgehead atoms. The molecule has 4 nitrogen and oxygen atoms in total. The van der Waals surface area contributed by atoms with Gasteiger partial charge in [0, 0.05) is 41.2 Å². The van der Waals surface area contributed by atoms with Crippen molar-refractivity contribution in [2.75, 3.05) is 6.61 Å². The molecule has 0 aliphatic heterocycles. The topological polar surface area (TPSA) is 58.8 Å². The lowest BCUT2D eigenvalue weighted by molar-refractivity contribution is 0.317. The van der Waals surface area contributed by atoms with Gasteiger partial charge in [-0.3, -0.25) is 4.98 Å². The monoisotopic (exact) mass is 329 g/mol. The van der Waals surface area contributed by atoms with Gasteiger partial charge in [0.25, 0.3) is 0 Å². The lowest BCUT2D eigenvalue weighted by Crippen LogP contribution is -2.06. The zero-order chi connectivity index (χ0) is 17.6. The van der Waals surface area contributed by atoms with Gasteiger partial charge in [0.2, 0.25) is 0 Å². The van der Waals surface area contributed by atoms with Crippen LogP contribution in [0.2, 0.25) is 0 Å². The van der Waals surface area contributed by atoms with Gasteiger partial charge < -0.3 is 4.74 Å². The van der Waals surface area contributed by atoms with Crippen molar-refractivity contribution in [3.63, 3.8) is 0 Å². The van der Waals surface area contributed by atoms with E-state index in [1.807, 2.05) is 50.4 Å². The average Bonchev–Trinajstić information content (AvgIpc) is 2.65. The van der Waals surface area contributed by atoms with Crippen molar-refractivity contribution in [3.8, 4) is 22.9 Å². The van der Waals surface area contributed by atoms with E-state index >= 15 is 0 Å². The summed E-state index contributed by atoms with van der Waals surface area (Å²) in [7, 11) is 0. The Kier molecular flexibility index (Phi) is 5.06. The molecule has 124 valence electrons. The first-order chi connectivity index (χ1) is 12.2. The number of nitrogens with zero attached hydrogens (tertiary/aromatic N) is 3. The summed E-state index contributed by atoms with van der Waals surface area (Å²) >= 11 is 0. The molecule has 0 aliphatic carbocycles. The average molecular weight is 329 g/mol. The van der Waals surface area contributed by atoms with E-state index in [9.17, 15) is 5.26 Å². The van der Waals surface area contributed by atoms with Gasteiger partial charge in [-0.1, -0.05) is 36.4 Å². The second-order valence-corrected chi connectivity index (χ2v) is 5.86. The number of ether oxygens (including phenoxy) is 1. The van der Waals surface area contributed by atoms with Crippen LogP contribution < -0.4 is 4.74 Å². The molecule has 1 aromatic carbocycles. The van der Waals surface area contributed by atoms with E-state index in [1.54, 1.807) is 6.20 Å². The number of nitriles is 1. The van der Waals surface area contributed by atoms with Gasteiger partial charge >= 0.3 is 0 Å². The maximum absolute atomic E-state index is 9.35. The van der Waals surface area contributed by atoms with Crippen molar-refractivity contribution in [2.24, 2.45) is 0 Å². The Morgan fingerprint density at radius 3 is 2.48 bits per heavy atom. The fourth-order valence-electron chi connectivity index (χ4n) is 2.67. The molecule has 0 spiro atoms. The third kappa shape index (κ3) is 3.84. The van der Waals surface area contributed by atoms with E-state index in [-0.39, 0.29) is 0 Å². The van der Waals surface area contributed by atoms with Crippen molar-refractivity contribution < 1.29 is 4.74 Å². The molecule has 2 heterocycles. The minimum absolute atomic E-state index is 0.314. The molecule has 0 fully saturated rings. The fraction of sp³-hybridized carbons (Fsp3) is 0.190. The number of rotatable bonds is 5. The molecule has 0 aliphatic rings. The summed E-state index contributed by atoms with van der Waals surface area (Å²) in [5.41, 5.74) is 5.28. The summed E-state index contributed by atoms with van der Waals surface area (Å²) in [6.45, 7) is 4.40. The number of pyridine rings is 2. The van der Waals surface area contributed by atoms with E-state index in [2.05, 4.69) is 28.2 Å².